The number of benzene rings is 1. The zero-order chi connectivity index (χ0) is 10.6. The van der Waals surface area contributed by atoms with Crippen LogP contribution in [-0.4, -0.2) is 14.9 Å². The Morgan fingerprint density at radius 2 is 2.00 bits per heavy atom. The number of nitrogens with one attached hydrogen (secondary N) is 1. The first-order valence-electron chi connectivity index (χ1n) is 3.72. The van der Waals surface area contributed by atoms with Gasteiger partial charge in [0.2, 0.25) is 0 Å². The molecule has 1 rings (SSSR count). The summed E-state index contributed by atoms with van der Waals surface area (Å²) in [6.07, 6.45) is -1.03. The summed E-state index contributed by atoms with van der Waals surface area (Å²) in [6.45, 7) is 1.89. The summed E-state index contributed by atoms with van der Waals surface area (Å²) in [5.74, 6) is 0.290. The summed E-state index contributed by atoms with van der Waals surface area (Å²) in [5.41, 5.74) is 1.02. The van der Waals surface area contributed by atoms with E-state index in [2.05, 4.69) is 4.74 Å². The van der Waals surface area contributed by atoms with Gasteiger partial charge >= 0.3 is 6.09 Å². The maximum Gasteiger partial charge on any atom is 0.423 e. The Kier molecular flexibility index (Phi) is 3.61. The van der Waals surface area contributed by atoms with Crippen LogP contribution in [-0.2, 0) is 11.3 Å². The lowest BCUT2D eigenvalue weighted by Gasteiger charge is -2.07. The molecule has 5 nitrogen and oxygen atoms in total. The van der Waals surface area contributed by atoms with Crippen molar-refractivity contribution in [2.45, 2.75) is 6.92 Å². The summed E-state index contributed by atoms with van der Waals surface area (Å²) in [4.78, 5) is 10.8. The number of aryl methyl sites for hydroxylation is 1. The standard InChI is InChI=1S/C8H9NO4S/c1-6-2-4-7(5-3-6)13-8(10)9-14(11)12/h2-5H,1H3,(H,9,10)(H,11,12)/p-1. The lowest BCUT2D eigenvalue weighted by atomic mass is 10.2. The molecule has 0 aliphatic heterocycles. The van der Waals surface area contributed by atoms with E-state index in [0.717, 1.165) is 5.56 Å². The van der Waals surface area contributed by atoms with Gasteiger partial charge in [0.25, 0.3) is 0 Å². The molecule has 0 spiro atoms. The van der Waals surface area contributed by atoms with Gasteiger partial charge in [0, 0.05) is 11.3 Å². The van der Waals surface area contributed by atoms with Crippen LogP contribution in [0.4, 0.5) is 4.79 Å². The van der Waals surface area contributed by atoms with Crippen LogP contribution < -0.4 is 9.46 Å². The van der Waals surface area contributed by atoms with E-state index < -0.39 is 17.4 Å². The van der Waals surface area contributed by atoms with Gasteiger partial charge in [-0.15, -0.1) is 0 Å². The van der Waals surface area contributed by atoms with Gasteiger partial charge in [0.15, 0.2) is 0 Å². The highest BCUT2D eigenvalue weighted by Crippen LogP contribution is 2.11. The quantitative estimate of drug-likeness (QED) is 0.741. The van der Waals surface area contributed by atoms with Crippen LogP contribution in [0.1, 0.15) is 5.56 Å². The predicted octanol–water partition coefficient (Wildman–Crippen LogP) is 0.878. The van der Waals surface area contributed by atoms with Crippen LogP contribution in [0.25, 0.3) is 0 Å². The number of amides is 1. The molecule has 0 heterocycles. The van der Waals surface area contributed by atoms with E-state index in [0.29, 0.717) is 5.75 Å². The van der Waals surface area contributed by atoms with E-state index in [9.17, 15) is 13.6 Å². The van der Waals surface area contributed by atoms with Gasteiger partial charge in [0.05, 0.1) is 0 Å². The van der Waals surface area contributed by atoms with E-state index in [1.807, 2.05) is 6.92 Å². The minimum absolute atomic E-state index is 0.290. The fraction of sp³-hybridized carbons (Fsp3) is 0.125. The molecule has 0 bridgehead atoms. The summed E-state index contributed by atoms with van der Waals surface area (Å²) in [6, 6.07) is 6.64. The van der Waals surface area contributed by atoms with Gasteiger partial charge in [-0.1, -0.05) is 17.7 Å². The van der Waals surface area contributed by atoms with Crippen LogP contribution >= 0.6 is 0 Å². The SMILES string of the molecule is Cc1ccc(OC(=O)NS(=O)[O-])cc1. The lowest BCUT2D eigenvalue weighted by molar-refractivity contribution is 0.206. The Bertz CT molecular complexity index is 349. The molecule has 0 aromatic heterocycles. The molecular weight excluding hydrogens is 206 g/mol. The molecule has 0 fully saturated rings. The number of hydrogen-bond donors (Lipinski definition) is 1. The van der Waals surface area contributed by atoms with Crippen LogP contribution in [0.15, 0.2) is 24.3 Å². The third-order valence-corrected chi connectivity index (χ3v) is 1.73. The number of rotatable bonds is 2. The van der Waals surface area contributed by atoms with E-state index in [1.165, 1.54) is 0 Å². The molecule has 0 saturated carbocycles. The maximum absolute atomic E-state index is 10.8. The molecule has 1 N–H and O–H groups in total. The molecule has 1 atom stereocenters. The van der Waals surface area contributed by atoms with Gasteiger partial charge in [-0.05, 0) is 19.1 Å². The Morgan fingerprint density at radius 3 is 2.50 bits per heavy atom. The Morgan fingerprint density at radius 1 is 1.43 bits per heavy atom. The van der Waals surface area contributed by atoms with Crippen molar-refractivity contribution >= 4 is 17.4 Å². The zero-order valence-electron chi connectivity index (χ0n) is 7.35. The molecule has 0 aliphatic rings. The van der Waals surface area contributed by atoms with Crippen molar-refractivity contribution in [2.24, 2.45) is 0 Å². The van der Waals surface area contributed by atoms with E-state index in [4.69, 9.17) is 0 Å². The molecule has 76 valence electrons. The highest BCUT2D eigenvalue weighted by Gasteiger charge is 2.02. The van der Waals surface area contributed by atoms with Crippen LogP contribution in [0, 0.1) is 6.92 Å². The minimum Gasteiger partial charge on any atom is -0.755 e. The first-order chi connectivity index (χ1) is 6.58. The van der Waals surface area contributed by atoms with Crippen molar-refractivity contribution in [2.75, 3.05) is 0 Å². The number of carbonyl (C=O) groups is 1. The average Bonchev–Trinajstić information content (AvgIpc) is 2.07. The molecule has 0 saturated heterocycles. The first-order valence-corrected chi connectivity index (χ1v) is 4.80. The van der Waals surface area contributed by atoms with Crippen molar-refractivity contribution in [1.82, 2.24) is 4.72 Å². The molecule has 1 aromatic carbocycles. The fourth-order valence-electron chi connectivity index (χ4n) is 0.802. The van der Waals surface area contributed by atoms with Crippen LogP contribution in [0.5, 0.6) is 5.75 Å². The molecule has 14 heavy (non-hydrogen) atoms. The first kappa shape index (κ1) is 10.7. The van der Waals surface area contributed by atoms with E-state index in [-0.39, 0.29) is 0 Å². The van der Waals surface area contributed by atoms with E-state index >= 15 is 0 Å². The Labute approximate surface area is 83.5 Å². The third-order valence-electron chi connectivity index (χ3n) is 1.40. The molecule has 1 aromatic rings. The smallest absolute Gasteiger partial charge is 0.423 e. The fourth-order valence-corrected chi connectivity index (χ4v) is 0.980. The lowest BCUT2D eigenvalue weighted by Crippen LogP contribution is -2.28. The second-order valence-corrected chi connectivity index (χ2v) is 3.21. The van der Waals surface area contributed by atoms with Crippen molar-refractivity contribution in [3.8, 4) is 5.75 Å². The summed E-state index contributed by atoms with van der Waals surface area (Å²) in [7, 11) is 0. The third kappa shape index (κ3) is 3.55. The van der Waals surface area contributed by atoms with Gasteiger partial charge in [-0.2, -0.15) is 0 Å². The monoisotopic (exact) mass is 214 g/mol. The van der Waals surface area contributed by atoms with Gasteiger partial charge in [0.1, 0.15) is 5.75 Å². The van der Waals surface area contributed by atoms with Crippen molar-refractivity contribution in [3.05, 3.63) is 29.8 Å². The second kappa shape index (κ2) is 4.73. The van der Waals surface area contributed by atoms with Crippen molar-refractivity contribution < 1.29 is 18.3 Å². The summed E-state index contributed by atoms with van der Waals surface area (Å²) >= 11 is -2.65. The predicted molar refractivity (Wildman–Crippen MR) is 49.3 cm³/mol. The molecule has 0 radical (unpaired) electrons. The van der Waals surface area contributed by atoms with Gasteiger partial charge in [-0.3, -0.25) is 8.93 Å². The Hall–Kier alpha value is -1.40. The largest absolute Gasteiger partial charge is 0.755 e. The number of ether oxygens (including phenoxy) is 1. The Balaban J connectivity index is 2.56. The summed E-state index contributed by atoms with van der Waals surface area (Å²) < 4.78 is 26.3. The van der Waals surface area contributed by atoms with Crippen LogP contribution in [0.2, 0.25) is 0 Å². The normalized spacial score (nSPS) is 11.9. The summed E-state index contributed by atoms with van der Waals surface area (Å²) in [5, 5.41) is 0. The second-order valence-electron chi connectivity index (χ2n) is 2.54. The molecule has 6 heteroatoms. The van der Waals surface area contributed by atoms with Crippen molar-refractivity contribution in [3.63, 3.8) is 0 Å². The highest BCUT2D eigenvalue weighted by atomic mass is 32.2. The highest BCUT2D eigenvalue weighted by molar-refractivity contribution is 7.77. The number of hydrogen-bond acceptors (Lipinski definition) is 4. The van der Waals surface area contributed by atoms with E-state index in [1.54, 1.807) is 29.0 Å². The number of carbonyl (C=O) groups excluding carboxylic acids is 1. The van der Waals surface area contributed by atoms with Gasteiger partial charge < -0.3 is 9.29 Å². The zero-order valence-corrected chi connectivity index (χ0v) is 8.17. The maximum atomic E-state index is 10.8. The van der Waals surface area contributed by atoms with Crippen molar-refractivity contribution in [1.29, 1.82) is 0 Å². The van der Waals surface area contributed by atoms with Gasteiger partial charge in [-0.25, -0.2) is 4.79 Å². The average molecular weight is 214 g/mol. The molecule has 0 aliphatic carbocycles. The topological polar surface area (TPSA) is 78.5 Å². The molecule has 1 amide bonds. The minimum atomic E-state index is -2.65. The molecular formula is C8H8NO4S-. The van der Waals surface area contributed by atoms with Crippen LogP contribution in [0.3, 0.4) is 0 Å². The molecule has 1 unspecified atom stereocenters.